The van der Waals surface area contributed by atoms with Crippen LogP contribution in [0.3, 0.4) is 0 Å². The molecule has 1 aromatic carbocycles. The highest BCUT2D eigenvalue weighted by atomic mass is 35.5. The highest BCUT2D eigenvalue weighted by molar-refractivity contribution is 7.99. The minimum absolute atomic E-state index is 0.794. The summed E-state index contributed by atoms with van der Waals surface area (Å²) in [7, 11) is 1.86. The van der Waals surface area contributed by atoms with E-state index in [2.05, 4.69) is 27.7 Å². The molecule has 0 unspecified atom stereocenters. The lowest BCUT2D eigenvalue weighted by Gasteiger charge is -2.02. The minimum Gasteiger partial charge on any atom is -0.224 e. The number of hydrogen-bond acceptors (Lipinski definition) is 5. The number of benzene rings is 1. The Morgan fingerprint density at radius 1 is 1.21 bits per heavy atom. The Labute approximate surface area is 126 Å². The molecule has 19 heavy (non-hydrogen) atoms. The van der Waals surface area contributed by atoms with E-state index >= 15 is 0 Å². The number of nitrogens with zero attached hydrogens (tertiary/aromatic N) is 4. The van der Waals surface area contributed by atoms with Crippen LogP contribution in [0, 0.1) is 0 Å². The van der Waals surface area contributed by atoms with E-state index in [-0.39, 0.29) is 0 Å². The molecule has 0 radical (unpaired) electrons. The number of hydrogen-bond donors (Lipinski definition) is 0. The lowest BCUT2D eigenvalue weighted by Crippen LogP contribution is -1.94. The number of thioether (sulfide) groups is 2. The highest BCUT2D eigenvalue weighted by Crippen LogP contribution is 2.18. The number of rotatable bonds is 7. The van der Waals surface area contributed by atoms with Gasteiger partial charge in [-0.3, -0.25) is 0 Å². The average molecular weight is 315 g/mol. The summed E-state index contributed by atoms with van der Waals surface area (Å²) in [6.07, 6.45) is 1.15. The second kappa shape index (κ2) is 7.77. The van der Waals surface area contributed by atoms with Gasteiger partial charge in [-0.2, -0.15) is 11.8 Å². The lowest BCUT2D eigenvalue weighted by molar-refractivity contribution is 0.664. The van der Waals surface area contributed by atoms with Crippen LogP contribution in [0.15, 0.2) is 29.4 Å². The van der Waals surface area contributed by atoms with Gasteiger partial charge in [0.2, 0.25) is 5.16 Å². The smallest absolute Gasteiger partial charge is 0.209 e. The maximum Gasteiger partial charge on any atom is 0.209 e. The van der Waals surface area contributed by atoms with Gasteiger partial charge in [-0.1, -0.05) is 35.5 Å². The van der Waals surface area contributed by atoms with Crippen LogP contribution in [0.4, 0.5) is 0 Å². The fraction of sp³-hybridized carbons (Fsp3) is 0.417. The van der Waals surface area contributed by atoms with Crippen molar-refractivity contribution in [2.24, 2.45) is 7.05 Å². The van der Waals surface area contributed by atoms with Gasteiger partial charge < -0.3 is 0 Å². The van der Waals surface area contributed by atoms with Gasteiger partial charge >= 0.3 is 0 Å². The molecule has 0 fully saturated rings. The van der Waals surface area contributed by atoms with E-state index in [9.17, 15) is 0 Å². The van der Waals surface area contributed by atoms with Gasteiger partial charge in [0.25, 0.3) is 0 Å². The van der Waals surface area contributed by atoms with Crippen molar-refractivity contribution in [1.29, 1.82) is 0 Å². The second-order valence-electron chi connectivity index (χ2n) is 3.97. The van der Waals surface area contributed by atoms with Gasteiger partial charge in [0.05, 0.1) is 0 Å². The Kier molecular flexibility index (Phi) is 6.00. The molecule has 0 aliphatic carbocycles. The van der Waals surface area contributed by atoms with Gasteiger partial charge in [-0.25, -0.2) is 4.68 Å². The Hall–Kier alpha value is -0.720. The molecular formula is C12H15ClN4S2. The van der Waals surface area contributed by atoms with Crippen molar-refractivity contribution in [3.05, 3.63) is 34.9 Å². The third-order valence-electron chi connectivity index (χ3n) is 2.43. The summed E-state index contributed by atoms with van der Waals surface area (Å²) in [5, 5.41) is 13.0. The molecule has 0 saturated heterocycles. The third-order valence-corrected chi connectivity index (χ3v) is 4.89. The molecule has 4 nitrogen and oxygen atoms in total. The first-order chi connectivity index (χ1) is 9.25. The predicted molar refractivity (Wildman–Crippen MR) is 81.8 cm³/mol. The first-order valence-corrected chi connectivity index (χ1v) is 8.45. The summed E-state index contributed by atoms with van der Waals surface area (Å²) in [5.74, 6) is 3.22. The van der Waals surface area contributed by atoms with E-state index in [1.165, 1.54) is 5.56 Å². The quantitative estimate of drug-likeness (QED) is 0.579. The summed E-state index contributed by atoms with van der Waals surface area (Å²) >= 11 is 9.48. The predicted octanol–water partition coefficient (Wildman–Crippen LogP) is 3.28. The second-order valence-corrected chi connectivity index (χ2v) is 6.57. The Morgan fingerprint density at radius 2 is 2.00 bits per heavy atom. The van der Waals surface area contributed by atoms with Gasteiger partial charge in [-0.05, 0) is 40.3 Å². The molecular weight excluding hydrogens is 300 g/mol. The van der Waals surface area contributed by atoms with E-state index < -0.39 is 0 Å². The van der Waals surface area contributed by atoms with Crippen LogP contribution in [0.25, 0.3) is 0 Å². The monoisotopic (exact) mass is 314 g/mol. The summed E-state index contributed by atoms with van der Waals surface area (Å²) in [5.41, 5.74) is 1.32. The van der Waals surface area contributed by atoms with Crippen LogP contribution >= 0.6 is 35.1 Å². The van der Waals surface area contributed by atoms with E-state index in [4.69, 9.17) is 11.6 Å². The van der Waals surface area contributed by atoms with Crippen LogP contribution in [0.1, 0.15) is 12.0 Å². The molecule has 0 aliphatic heterocycles. The molecule has 1 aromatic heterocycles. The average Bonchev–Trinajstić information content (AvgIpc) is 2.81. The molecule has 7 heteroatoms. The summed E-state index contributed by atoms with van der Waals surface area (Å²) in [6.45, 7) is 0. The van der Waals surface area contributed by atoms with Crippen molar-refractivity contribution < 1.29 is 0 Å². The van der Waals surface area contributed by atoms with E-state index in [0.29, 0.717) is 0 Å². The maximum atomic E-state index is 5.85. The largest absolute Gasteiger partial charge is 0.224 e. The number of halogens is 1. The normalized spacial score (nSPS) is 10.8. The van der Waals surface area contributed by atoms with Crippen LogP contribution in [0.5, 0.6) is 0 Å². The number of aromatic nitrogens is 4. The zero-order valence-electron chi connectivity index (χ0n) is 10.6. The van der Waals surface area contributed by atoms with Crippen LogP contribution in [0.2, 0.25) is 5.02 Å². The fourth-order valence-corrected chi connectivity index (χ4v) is 3.46. The van der Waals surface area contributed by atoms with Gasteiger partial charge in [-0.15, -0.1) is 5.10 Å². The van der Waals surface area contributed by atoms with E-state index in [1.54, 1.807) is 16.4 Å². The summed E-state index contributed by atoms with van der Waals surface area (Å²) in [4.78, 5) is 0. The fourth-order valence-electron chi connectivity index (χ4n) is 1.44. The minimum atomic E-state index is 0.794. The summed E-state index contributed by atoms with van der Waals surface area (Å²) in [6, 6.07) is 8.04. The van der Waals surface area contributed by atoms with Gasteiger partial charge in [0, 0.05) is 23.6 Å². The first kappa shape index (κ1) is 14.7. The summed E-state index contributed by atoms with van der Waals surface area (Å²) < 4.78 is 1.70. The van der Waals surface area contributed by atoms with Crippen molar-refractivity contribution in [2.45, 2.75) is 17.3 Å². The van der Waals surface area contributed by atoms with Crippen molar-refractivity contribution in [2.75, 3.05) is 11.5 Å². The third kappa shape index (κ3) is 5.04. The van der Waals surface area contributed by atoms with Gasteiger partial charge in [0.1, 0.15) is 0 Å². The van der Waals surface area contributed by atoms with Crippen LogP contribution in [-0.2, 0) is 12.8 Å². The molecule has 0 saturated carbocycles. The molecule has 0 aliphatic rings. The molecule has 2 rings (SSSR count). The Morgan fingerprint density at radius 3 is 2.68 bits per heavy atom. The topological polar surface area (TPSA) is 43.6 Å². The Balaban J connectivity index is 1.57. The Bertz CT molecular complexity index is 501. The van der Waals surface area contributed by atoms with E-state index in [0.717, 1.165) is 33.9 Å². The molecule has 0 N–H and O–H groups in total. The van der Waals surface area contributed by atoms with Crippen molar-refractivity contribution in [3.8, 4) is 0 Å². The molecule has 0 spiro atoms. The van der Waals surface area contributed by atoms with Crippen LogP contribution in [-0.4, -0.2) is 31.7 Å². The lowest BCUT2D eigenvalue weighted by atomic mass is 10.2. The molecule has 1 heterocycles. The first-order valence-electron chi connectivity index (χ1n) is 5.93. The molecule has 0 bridgehead atoms. The molecule has 102 valence electrons. The zero-order valence-corrected chi connectivity index (χ0v) is 13.0. The number of tetrazole rings is 1. The van der Waals surface area contributed by atoms with Crippen molar-refractivity contribution in [1.82, 2.24) is 20.2 Å². The van der Waals surface area contributed by atoms with Crippen LogP contribution < -0.4 is 0 Å². The highest BCUT2D eigenvalue weighted by Gasteiger charge is 2.02. The number of aryl methyl sites for hydroxylation is 1. The molecule has 0 atom stereocenters. The van der Waals surface area contributed by atoms with Crippen molar-refractivity contribution in [3.63, 3.8) is 0 Å². The van der Waals surface area contributed by atoms with E-state index in [1.807, 2.05) is 30.9 Å². The van der Waals surface area contributed by atoms with Gasteiger partial charge in [0.15, 0.2) is 0 Å². The maximum absolute atomic E-state index is 5.85. The standard InChI is InChI=1S/C12H15ClN4S2/c1-17-12(14-15-16-17)19-8-2-7-18-9-10-3-5-11(13)6-4-10/h3-6H,2,7-9H2,1H3. The molecule has 2 aromatic rings. The zero-order chi connectivity index (χ0) is 13.5. The van der Waals surface area contributed by atoms with Crippen molar-refractivity contribution >= 4 is 35.1 Å². The SMILES string of the molecule is Cn1nnnc1SCCCSCc1ccc(Cl)cc1. The molecule has 0 amide bonds.